The molecule has 194 valence electrons. The third kappa shape index (κ3) is 6.65. The van der Waals surface area contributed by atoms with Gasteiger partial charge in [-0.15, -0.1) is 0 Å². The van der Waals surface area contributed by atoms with Crippen LogP contribution in [0.2, 0.25) is 0 Å². The number of piperidine rings is 1. The molecule has 6 nitrogen and oxygen atoms in total. The molecule has 0 unspecified atom stereocenters. The van der Waals surface area contributed by atoms with E-state index in [9.17, 15) is 9.18 Å². The molecule has 0 spiro atoms. The Kier molecular flexibility index (Phi) is 9.36. The first kappa shape index (κ1) is 26.2. The van der Waals surface area contributed by atoms with Gasteiger partial charge in [0.2, 0.25) is 0 Å². The lowest BCUT2D eigenvalue weighted by molar-refractivity contribution is -0.141. The molecule has 2 aliphatic rings. The highest BCUT2D eigenvalue weighted by Gasteiger charge is 2.35. The van der Waals surface area contributed by atoms with Gasteiger partial charge in [0, 0.05) is 57.3 Å². The first-order valence-corrected chi connectivity index (χ1v) is 12.9. The fraction of sp³-hybridized carbons (Fsp3) is 0.483. The van der Waals surface area contributed by atoms with E-state index >= 15 is 0 Å². The maximum Gasteiger partial charge on any atom is 0.305 e. The van der Waals surface area contributed by atoms with Crippen molar-refractivity contribution in [3.63, 3.8) is 0 Å². The van der Waals surface area contributed by atoms with Crippen LogP contribution in [0.5, 0.6) is 5.75 Å². The lowest BCUT2D eigenvalue weighted by atomic mass is 9.86. The molecule has 2 aromatic carbocycles. The van der Waals surface area contributed by atoms with Crippen LogP contribution in [0, 0.1) is 11.7 Å². The molecule has 0 bridgehead atoms. The average molecular weight is 496 g/mol. The van der Waals surface area contributed by atoms with Gasteiger partial charge < -0.3 is 14.4 Å². The fourth-order valence-electron chi connectivity index (χ4n) is 5.57. The maximum atomic E-state index is 14.3. The minimum Gasteiger partial charge on any atom is -0.496 e. The van der Waals surface area contributed by atoms with Crippen molar-refractivity contribution in [1.82, 2.24) is 9.80 Å². The normalized spacial score (nSPS) is 21.6. The van der Waals surface area contributed by atoms with Crippen molar-refractivity contribution >= 4 is 17.7 Å². The van der Waals surface area contributed by atoms with Crippen LogP contribution in [0.25, 0.3) is 6.08 Å². The van der Waals surface area contributed by atoms with Gasteiger partial charge in [0.25, 0.3) is 0 Å². The Hall–Kier alpha value is -2.90. The van der Waals surface area contributed by atoms with Gasteiger partial charge in [0.15, 0.2) is 0 Å². The number of piperazine rings is 1. The molecule has 0 aliphatic carbocycles. The van der Waals surface area contributed by atoms with Gasteiger partial charge in [-0.25, -0.2) is 4.39 Å². The SMILES string of the molecule is COC(=O)CC[C@H]1CN(C/C=C/c2ccccc2OC)CC[C@H]1N1CCN(c2ccccc2F)CC1. The lowest BCUT2D eigenvalue weighted by Crippen LogP contribution is -2.57. The molecule has 2 atom stereocenters. The third-order valence-corrected chi connectivity index (χ3v) is 7.50. The maximum absolute atomic E-state index is 14.3. The average Bonchev–Trinajstić information content (AvgIpc) is 2.92. The molecule has 2 aromatic rings. The van der Waals surface area contributed by atoms with Crippen LogP contribution >= 0.6 is 0 Å². The molecule has 2 heterocycles. The first-order valence-electron chi connectivity index (χ1n) is 12.9. The number of ether oxygens (including phenoxy) is 2. The summed E-state index contributed by atoms with van der Waals surface area (Å²) in [6.45, 7) is 6.26. The van der Waals surface area contributed by atoms with Gasteiger partial charge in [-0.2, -0.15) is 0 Å². The van der Waals surface area contributed by atoms with Gasteiger partial charge >= 0.3 is 5.97 Å². The fourth-order valence-corrected chi connectivity index (χ4v) is 5.57. The number of likely N-dealkylation sites (tertiary alicyclic amines) is 1. The Labute approximate surface area is 214 Å². The van der Waals surface area contributed by atoms with Crippen LogP contribution in [0.15, 0.2) is 54.6 Å². The summed E-state index contributed by atoms with van der Waals surface area (Å²) in [5.41, 5.74) is 1.76. The van der Waals surface area contributed by atoms with E-state index < -0.39 is 0 Å². The molecule has 0 aromatic heterocycles. The van der Waals surface area contributed by atoms with E-state index in [2.05, 4.69) is 32.9 Å². The predicted molar refractivity (Wildman–Crippen MR) is 142 cm³/mol. The zero-order valence-corrected chi connectivity index (χ0v) is 21.4. The van der Waals surface area contributed by atoms with Crippen LogP contribution < -0.4 is 9.64 Å². The van der Waals surface area contributed by atoms with Gasteiger partial charge in [-0.1, -0.05) is 42.5 Å². The summed E-state index contributed by atoms with van der Waals surface area (Å²) >= 11 is 0. The number of nitrogens with zero attached hydrogens (tertiary/aromatic N) is 3. The van der Waals surface area contributed by atoms with Crippen molar-refractivity contribution in [3.8, 4) is 5.75 Å². The van der Waals surface area contributed by atoms with E-state index in [1.54, 1.807) is 13.2 Å². The van der Waals surface area contributed by atoms with Crippen molar-refractivity contribution in [2.45, 2.75) is 25.3 Å². The second-order valence-electron chi connectivity index (χ2n) is 9.61. The standard InChI is InChI=1S/C29H38FN3O3/c1-35-28-12-6-3-8-23(28)9-7-16-31-17-15-26(24(22-31)13-14-29(34)36-2)32-18-20-33(21-19-32)27-11-5-4-10-25(27)30/h3-12,24,26H,13-22H2,1-2H3/b9-7+/t24-,26+/m0/s1. The highest BCUT2D eigenvalue weighted by atomic mass is 19.1. The number of carbonyl (C=O) groups excluding carboxylic acids is 1. The molecule has 0 saturated carbocycles. The second kappa shape index (κ2) is 12.9. The van der Waals surface area contributed by atoms with Crippen LogP contribution in [0.4, 0.5) is 10.1 Å². The van der Waals surface area contributed by atoms with Crippen molar-refractivity contribution in [1.29, 1.82) is 0 Å². The number of methoxy groups -OCH3 is 2. The zero-order valence-electron chi connectivity index (χ0n) is 21.4. The Balaban J connectivity index is 1.36. The molecule has 2 aliphatic heterocycles. The van der Waals surface area contributed by atoms with E-state index in [1.807, 2.05) is 30.3 Å². The number of rotatable bonds is 9. The lowest BCUT2D eigenvalue weighted by Gasteiger charge is -2.47. The number of benzene rings is 2. The molecule has 36 heavy (non-hydrogen) atoms. The largest absolute Gasteiger partial charge is 0.496 e. The van der Waals surface area contributed by atoms with E-state index in [0.29, 0.717) is 24.1 Å². The molecule has 2 fully saturated rings. The summed E-state index contributed by atoms with van der Waals surface area (Å²) in [5.74, 6) is 0.957. The molecular formula is C29H38FN3O3. The Morgan fingerprint density at radius 2 is 1.78 bits per heavy atom. The van der Waals surface area contributed by atoms with Gasteiger partial charge in [-0.3, -0.25) is 14.6 Å². The first-order chi connectivity index (χ1) is 17.6. The number of hydrogen-bond donors (Lipinski definition) is 0. The smallest absolute Gasteiger partial charge is 0.305 e. The summed E-state index contributed by atoms with van der Waals surface area (Å²) in [4.78, 5) is 19.1. The number of carbonyl (C=O) groups is 1. The summed E-state index contributed by atoms with van der Waals surface area (Å²) in [7, 11) is 3.15. The molecule has 7 heteroatoms. The zero-order chi connectivity index (χ0) is 25.3. The van der Waals surface area contributed by atoms with Crippen molar-refractivity contribution in [2.24, 2.45) is 5.92 Å². The van der Waals surface area contributed by atoms with Crippen molar-refractivity contribution in [2.75, 3.05) is 64.9 Å². The van der Waals surface area contributed by atoms with E-state index in [1.165, 1.54) is 13.2 Å². The molecule has 2 saturated heterocycles. The Morgan fingerprint density at radius 3 is 2.53 bits per heavy atom. The number of esters is 1. The molecule has 4 rings (SSSR count). The third-order valence-electron chi connectivity index (χ3n) is 7.50. The highest BCUT2D eigenvalue weighted by Crippen LogP contribution is 2.29. The van der Waals surface area contributed by atoms with Gasteiger partial charge in [0.1, 0.15) is 11.6 Å². The summed E-state index contributed by atoms with van der Waals surface area (Å²) < 4.78 is 24.7. The highest BCUT2D eigenvalue weighted by molar-refractivity contribution is 5.69. The van der Waals surface area contributed by atoms with Crippen LogP contribution in [-0.2, 0) is 9.53 Å². The molecule has 0 radical (unpaired) electrons. The van der Waals surface area contributed by atoms with E-state index in [-0.39, 0.29) is 11.8 Å². The minimum absolute atomic E-state index is 0.147. The summed E-state index contributed by atoms with van der Waals surface area (Å²) in [6, 6.07) is 15.5. The Bertz CT molecular complexity index is 1020. The summed E-state index contributed by atoms with van der Waals surface area (Å²) in [6.07, 6.45) is 6.64. The molecule has 0 N–H and O–H groups in total. The van der Waals surface area contributed by atoms with Crippen LogP contribution in [-0.4, -0.2) is 81.8 Å². The number of hydrogen-bond acceptors (Lipinski definition) is 6. The van der Waals surface area contributed by atoms with Crippen molar-refractivity contribution in [3.05, 3.63) is 66.0 Å². The minimum atomic E-state index is -0.156. The number of para-hydroxylation sites is 2. The van der Waals surface area contributed by atoms with Gasteiger partial charge in [-0.05, 0) is 43.5 Å². The molecule has 0 amide bonds. The monoisotopic (exact) mass is 495 g/mol. The Morgan fingerprint density at radius 1 is 1.03 bits per heavy atom. The topological polar surface area (TPSA) is 45.2 Å². The number of anilines is 1. The quantitative estimate of drug-likeness (QED) is 0.483. The summed E-state index contributed by atoms with van der Waals surface area (Å²) in [5, 5.41) is 0. The predicted octanol–water partition coefficient (Wildman–Crippen LogP) is 4.31. The molecular weight excluding hydrogens is 457 g/mol. The van der Waals surface area contributed by atoms with Crippen LogP contribution in [0.3, 0.4) is 0 Å². The van der Waals surface area contributed by atoms with Gasteiger partial charge in [0.05, 0.1) is 19.9 Å². The number of halogens is 1. The van der Waals surface area contributed by atoms with Crippen LogP contribution in [0.1, 0.15) is 24.8 Å². The van der Waals surface area contributed by atoms with E-state index in [4.69, 9.17) is 9.47 Å². The van der Waals surface area contributed by atoms with E-state index in [0.717, 1.165) is 70.0 Å². The van der Waals surface area contributed by atoms with Crippen molar-refractivity contribution < 1.29 is 18.7 Å². The second-order valence-corrected chi connectivity index (χ2v) is 9.61.